The third-order valence-electron chi connectivity index (χ3n) is 2.73. The molecule has 0 radical (unpaired) electrons. The van der Waals surface area contributed by atoms with E-state index in [0.29, 0.717) is 0 Å². The van der Waals surface area contributed by atoms with Crippen LogP contribution >= 0.6 is 0 Å². The molecule has 4 heteroatoms. The largest absolute Gasteiger partial charge is 0.389 e. The summed E-state index contributed by atoms with van der Waals surface area (Å²) in [6.07, 6.45) is -0.689. The molecule has 2 unspecified atom stereocenters. The summed E-state index contributed by atoms with van der Waals surface area (Å²) in [5.74, 6) is 0. The Balaban J connectivity index is 2.17. The SMILES string of the molecule is OC1[C@H](O)[C@@H](O)C2CCCN12. The molecule has 11 heavy (non-hydrogen) atoms. The fraction of sp³-hybridized carbons (Fsp3) is 1.00. The van der Waals surface area contributed by atoms with Crippen LogP contribution in [0.2, 0.25) is 0 Å². The molecule has 0 aliphatic carbocycles. The van der Waals surface area contributed by atoms with Crippen LogP contribution in [0.3, 0.4) is 0 Å². The van der Waals surface area contributed by atoms with Gasteiger partial charge < -0.3 is 15.3 Å². The lowest BCUT2D eigenvalue weighted by Gasteiger charge is -2.18. The molecule has 2 saturated heterocycles. The van der Waals surface area contributed by atoms with Gasteiger partial charge in [-0.15, -0.1) is 0 Å². The standard InChI is InChI=1S/C7H13NO3/c9-5-4-2-1-3-8(4)7(11)6(5)10/h4-7,9-11H,1-3H2/t4?,5-,6+,7?/m0/s1. The summed E-state index contributed by atoms with van der Waals surface area (Å²) < 4.78 is 0. The quantitative estimate of drug-likeness (QED) is 0.403. The van der Waals surface area contributed by atoms with Crippen molar-refractivity contribution in [2.75, 3.05) is 6.54 Å². The average Bonchev–Trinajstić information content (AvgIpc) is 2.53. The summed E-state index contributed by atoms with van der Waals surface area (Å²) in [6, 6.07) is -0.0139. The number of hydrogen-bond acceptors (Lipinski definition) is 4. The second-order valence-corrected chi connectivity index (χ2v) is 3.34. The summed E-state index contributed by atoms with van der Waals surface area (Å²) in [5.41, 5.74) is 0. The van der Waals surface area contributed by atoms with E-state index in [1.807, 2.05) is 0 Å². The predicted molar refractivity (Wildman–Crippen MR) is 37.7 cm³/mol. The molecule has 2 aliphatic heterocycles. The first-order valence-electron chi connectivity index (χ1n) is 4.02. The van der Waals surface area contributed by atoms with E-state index in [-0.39, 0.29) is 6.04 Å². The van der Waals surface area contributed by atoms with Gasteiger partial charge in [-0.3, -0.25) is 4.90 Å². The van der Waals surface area contributed by atoms with Crippen molar-refractivity contribution in [3.63, 3.8) is 0 Å². The van der Waals surface area contributed by atoms with Gasteiger partial charge in [0.15, 0.2) is 0 Å². The summed E-state index contributed by atoms with van der Waals surface area (Å²) in [5, 5.41) is 28.0. The minimum Gasteiger partial charge on any atom is -0.389 e. The maximum atomic E-state index is 9.39. The van der Waals surface area contributed by atoms with E-state index >= 15 is 0 Å². The highest BCUT2D eigenvalue weighted by Gasteiger charge is 2.48. The van der Waals surface area contributed by atoms with E-state index in [4.69, 9.17) is 0 Å². The molecule has 0 amide bonds. The van der Waals surface area contributed by atoms with E-state index in [1.165, 1.54) is 0 Å². The van der Waals surface area contributed by atoms with Crippen LogP contribution < -0.4 is 0 Å². The summed E-state index contributed by atoms with van der Waals surface area (Å²) in [4.78, 5) is 1.77. The van der Waals surface area contributed by atoms with Gasteiger partial charge in [0, 0.05) is 12.6 Å². The van der Waals surface area contributed by atoms with Gasteiger partial charge in [-0.1, -0.05) is 0 Å². The van der Waals surface area contributed by atoms with Crippen LogP contribution in [0.15, 0.2) is 0 Å². The van der Waals surface area contributed by atoms with E-state index in [9.17, 15) is 15.3 Å². The fourth-order valence-corrected chi connectivity index (χ4v) is 2.11. The van der Waals surface area contributed by atoms with E-state index < -0.39 is 18.4 Å². The monoisotopic (exact) mass is 159 g/mol. The second kappa shape index (κ2) is 2.42. The van der Waals surface area contributed by atoms with Crippen LogP contribution in [0.5, 0.6) is 0 Å². The van der Waals surface area contributed by atoms with Crippen LogP contribution in [0, 0.1) is 0 Å². The molecule has 2 aliphatic rings. The van der Waals surface area contributed by atoms with Gasteiger partial charge in [-0.25, -0.2) is 0 Å². The molecule has 4 nitrogen and oxygen atoms in total. The van der Waals surface area contributed by atoms with Gasteiger partial charge in [-0.05, 0) is 12.8 Å². The molecule has 0 aromatic carbocycles. The molecule has 4 atom stereocenters. The first-order valence-corrected chi connectivity index (χ1v) is 4.02. The third kappa shape index (κ3) is 0.906. The highest BCUT2D eigenvalue weighted by atomic mass is 16.4. The second-order valence-electron chi connectivity index (χ2n) is 3.34. The van der Waals surface area contributed by atoms with E-state index in [0.717, 1.165) is 19.4 Å². The van der Waals surface area contributed by atoms with Crippen molar-refractivity contribution in [1.29, 1.82) is 0 Å². The van der Waals surface area contributed by atoms with Gasteiger partial charge in [0.05, 0.1) is 6.10 Å². The average molecular weight is 159 g/mol. The van der Waals surface area contributed by atoms with Crippen molar-refractivity contribution < 1.29 is 15.3 Å². The first kappa shape index (κ1) is 7.49. The van der Waals surface area contributed by atoms with Crippen LogP contribution in [0.4, 0.5) is 0 Å². The number of rotatable bonds is 0. The Labute approximate surface area is 65.1 Å². The van der Waals surface area contributed by atoms with Gasteiger partial charge in [0.25, 0.3) is 0 Å². The Morgan fingerprint density at radius 2 is 1.82 bits per heavy atom. The number of aliphatic hydroxyl groups is 3. The van der Waals surface area contributed by atoms with Crippen molar-refractivity contribution in [3.8, 4) is 0 Å². The molecule has 0 saturated carbocycles. The van der Waals surface area contributed by atoms with Gasteiger partial charge in [0.1, 0.15) is 12.3 Å². The number of nitrogens with zero attached hydrogens (tertiary/aromatic N) is 1. The zero-order valence-electron chi connectivity index (χ0n) is 6.22. The van der Waals surface area contributed by atoms with E-state index in [2.05, 4.69) is 0 Å². The minimum atomic E-state index is -0.972. The zero-order chi connectivity index (χ0) is 8.01. The van der Waals surface area contributed by atoms with Crippen molar-refractivity contribution >= 4 is 0 Å². The van der Waals surface area contributed by atoms with Crippen LogP contribution in [-0.2, 0) is 0 Å². The predicted octanol–water partition coefficient (Wildman–Crippen LogP) is -1.50. The Kier molecular flexibility index (Phi) is 1.64. The smallest absolute Gasteiger partial charge is 0.136 e. The molecule has 0 aromatic rings. The van der Waals surface area contributed by atoms with Gasteiger partial charge in [-0.2, -0.15) is 0 Å². The fourth-order valence-electron chi connectivity index (χ4n) is 2.11. The number of hydrogen-bond donors (Lipinski definition) is 3. The molecular weight excluding hydrogens is 146 g/mol. The van der Waals surface area contributed by atoms with Crippen molar-refractivity contribution in [2.45, 2.75) is 37.3 Å². The lowest BCUT2D eigenvalue weighted by atomic mass is 10.1. The Morgan fingerprint density at radius 1 is 1.09 bits per heavy atom. The molecule has 2 heterocycles. The summed E-state index contributed by atoms with van der Waals surface area (Å²) in [6.45, 7) is 0.792. The Morgan fingerprint density at radius 3 is 2.45 bits per heavy atom. The minimum absolute atomic E-state index is 0.0139. The molecule has 0 spiro atoms. The third-order valence-corrected chi connectivity index (χ3v) is 2.73. The highest BCUT2D eigenvalue weighted by molar-refractivity contribution is 4.99. The molecular formula is C7H13NO3. The molecule has 2 rings (SSSR count). The molecule has 3 N–H and O–H groups in total. The number of fused-ring (bicyclic) bond motifs is 1. The summed E-state index contributed by atoms with van der Waals surface area (Å²) >= 11 is 0. The van der Waals surface area contributed by atoms with Crippen molar-refractivity contribution in [2.24, 2.45) is 0 Å². The Hall–Kier alpha value is -0.160. The zero-order valence-corrected chi connectivity index (χ0v) is 6.22. The first-order chi connectivity index (χ1) is 5.22. The van der Waals surface area contributed by atoms with E-state index in [1.54, 1.807) is 4.90 Å². The van der Waals surface area contributed by atoms with Crippen molar-refractivity contribution in [3.05, 3.63) is 0 Å². The number of aliphatic hydroxyl groups excluding tert-OH is 3. The molecule has 0 bridgehead atoms. The molecule has 0 aromatic heterocycles. The van der Waals surface area contributed by atoms with Crippen LogP contribution in [-0.4, -0.2) is 51.2 Å². The lowest BCUT2D eigenvalue weighted by molar-refractivity contribution is -0.0535. The maximum Gasteiger partial charge on any atom is 0.136 e. The van der Waals surface area contributed by atoms with Gasteiger partial charge >= 0.3 is 0 Å². The maximum absolute atomic E-state index is 9.39. The van der Waals surface area contributed by atoms with Crippen LogP contribution in [0.25, 0.3) is 0 Å². The summed E-state index contributed by atoms with van der Waals surface area (Å²) in [7, 11) is 0. The molecule has 2 fully saturated rings. The van der Waals surface area contributed by atoms with Crippen molar-refractivity contribution in [1.82, 2.24) is 4.90 Å². The highest BCUT2D eigenvalue weighted by Crippen LogP contribution is 2.31. The molecule has 64 valence electrons. The van der Waals surface area contributed by atoms with Crippen LogP contribution in [0.1, 0.15) is 12.8 Å². The Bertz CT molecular complexity index is 148. The normalized spacial score (nSPS) is 51.5. The lowest BCUT2D eigenvalue weighted by Crippen LogP contribution is -2.35. The topological polar surface area (TPSA) is 63.9 Å². The van der Waals surface area contributed by atoms with Gasteiger partial charge in [0.2, 0.25) is 0 Å².